The zero-order chi connectivity index (χ0) is 13.5. The van der Waals surface area contributed by atoms with E-state index in [1.165, 1.54) is 0 Å². The summed E-state index contributed by atoms with van der Waals surface area (Å²) in [6.07, 6.45) is 0. The molecule has 0 aliphatic carbocycles. The van der Waals surface area contributed by atoms with Gasteiger partial charge in [-0.3, -0.25) is 4.79 Å². The highest BCUT2D eigenvalue weighted by Gasteiger charge is 2.09. The lowest BCUT2D eigenvalue weighted by atomic mass is 10.2. The smallest absolute Gasteiger partial charge is 0.252 e. The number of halogens is 2. The Balaban J connectivity index is 2.41. The van der Waals surface area contributed by atoms with Gasteiger partial charge in [-0.05, 0) is 41.1 Å². The maximum absolute atomic E-state index is 11.9. The zero-order valence-corrected chi connectivity index (χ0v) is 13.3. The average molecular weight is 377 g/mol. The van der Waals surface area contributed by atoms with Crippen molar-refractivity contribution in [1.29, 1.82) is 0 Å². The van der Waals surface area contributed by atoms with Crippen LogP contribution in [0.4, 0.5) is 0 Å². The third-order valence-corrected chi connectivity index (χ3v) is 3.24. The fourth-order valence-corrected chi connectivity index (χ4v) is 2.04. The number of carbonyl (C=O) groups is 1. The van der Waals surface area contributed by atoms with Crippen LogP contribution >= 0.6 is 31.9 Å². The van der Waals surface area contributed by atoms with Crippen LogP contribution in [0.3, 0.4) is 0 Å². The molecule has 0 aliphatic rings. The maximum atomic E-state index is 11.9. The first kappa shape index (κ1) is 15.4. The molecule has 0 spiro atoms. The van der Waals surface area contributed by atoms with E-state index in [4.69, 9.17) is 4.74 Å². The molecule has 0 bridgehead atoms. The van der Waals surface area contributed by atoms with Gasteiger partial charge < -0.3 is 10.1 Å². The minimum atomic E-state index is -0.123. The molecule has 1 rings (SSSR count). The highest BCUT2D eigenvalue weighted by molar-refractivity contribution is 9.11. The molecule has 0 atom stereocenters. The molecule has 0 fully saturated rings. The first-order chi connectivity index (χ1) is 8.50. The summed E-state index contributed by atoms with van der Waals surface area (Å²) in [5.74, 6) is -0.123. The maximum Gasteiger partial charge on any atom is 0.252 e. The van der Waals surface area contributed by atoms with Gasteiger partial charge in [-0.15, -0.1) is 0 Å². The first-order valence-corrected chi connectivity index (χ1v) is 7.04. The van der Waals surface area contributed by atoms with E-state index in [-0.39, 0.29) is 5.91 Å². The monoisotopic (exact) mass is 375 g/mol. The predicted octanol–water partition coefficient (Wildman–Crippen LogP) is 3.53. The number of nitrogens with one attached hydrogen (secondary N) is 1. The third kappa shape index (κ3) is 5.33. The molecule has 0 heterocycles. The van der Waals surface area contributed by atoms with Gasteiger partial charge in [0.05, 0.1) is 18.8 Å². The van der Waals surface area contributed by atoms with Gasteiger partial charge >= 0.3 is 0 Å². The van der Waals surface area contributed by atoms with Crippen molar-refractivity contribution in [2.24, 2.45) is 0 Å². The number of amides is 1. The summed E-state index contributed by atoms with van der Waals surface area (Å²) in [7, 11) is 0. The van der Waals surface area contributed by atoms with Gasteiger partial charge in [0.25, 0.3) is 5.91 Å². The van der Waals surface area contributed by atoms with Crippen LogP contribution < -0.4 is 5.32 Å². The number of hydrogen-bond acceptors (Lipinski definition) is 2. The standard InChI is InChI=1S/C13H15Br2NO2/c1-9(2)8-18-6-5-16-13(17)11-7-10(14)3-4-12(11)15/h3-4,7H,1,5-6,8H2,2H3,(H,16,17). The fraction of sp³-hybridized carbons (Fsp3) is 0.308. The van der Waals surface area contributed by atoms with Crippen molar-refractivity contribution in [3.8, 4) is 0 Å². The molecular formula is C13H15Br2NO2. The number of ether oxygens (including phenoxy) is 1. The number of hydrogen-bond donors (Lipinski definition) is 1. The summed E-state index contributed by atoms with van der Waals surface area (Å²) in [6.45, 7) is 7.11. The molecule has 3 nitrogen and oxygen atoms in total. The van der Waals surface area contributed by atoms with Gasteiger partial charge in [-0.1, -0.05) is 28.1 Å². The van der Waals surface area contributed by atoms with Gasteiger partial charge in [-0.25, -0.2) is 0 Å². The Morgan fingerprint density at radius 3 is 2.83 bits per heavy atom. The molecule has 0 aromatic heterocycles. The molecule has 0 saturated carbocycles. The summed E-state index contributed by atoms with van der Waals surface area (Å²) < 4.78 is 6.94. The van der Waals surface area contributed by atoms with Crippen molar-refractivity contribution in [1.82, 2.24) is 5.32 Å². The second kappa shape index (κ2) is 7.71. The number of benzene rings is 1. The van der Waals surface area contributed by atoms with Crippen molar-refractivity contribution in [2.75, 3.05) is 19.8 Å². The summed E-state index contributed by atoms with van der Waals surface area (Å²) >= 11 is 6.69. The van der Waals surface area contributed by atoms with Crippen molar-refractivity contribution >= 4 is 37.8 Å². The van der Waals surface area contributed by atoms with Gasteiger partial charge in [0, 0.05) is 15.5 Å². The van der Waals surface area contributed by atoms with E-state index in [1.807, 2.05) is 19.1 Å². The number of carbonyl (C=O) groups excluding carboxylic acids is 1. The van der Waals surface area contributed by atoms with Crippen LogP contribution in [-0.4, -0.2) is 25.7 Å². The molecule has 5 heteroatoms. The van der Waals surface area contributed by atoms with Crippen LogP contribution in [-0.2, 0) is 4.74 Å². The van der Waals surface area contributed by atoms with E-state index in [2.05, 4.69) is 43.8 Å². The Labute approximate surface area is 124 Å². The first-order valence-electron chi connectivity index (χ1n) is 5.46. The van der Waals surface area contributed by atoms with Gasteiger partial charge in [0.15, 0.2) is 0 Å². The normalized spacial score (nSPS) is 10.2. The fourth-order valence-electron chi connectivity index (χ4n) is 1.25. The van der Waals surface area contributed by atoms with E-state index in [0.717, 1.165) is 14.5 Å². The lowest BCUT2D eigenvalue weighted by Gasteiger charge is -2.08. The molecule has 1 amide bonds. The van der Waals surface area contributed by atoms with E-state index >= 15 is 0 Å². The van der Waals surface area contributed by atoms with Crippen LogP contribution in [0.25, 0.3) is 0 Å². The van der Waals surface area contributed by atoms with Crippen molar-refractivity contribution in [3.05, 3.63) is 44.9 Å². The van der Waals surface area contributed by atoms with E-state index in [1.54, 1.807) is 6.07 Å². The average Bonchev–Trinajstić information content (AvgIpc) is 2.31. The largest absolute Gasteiger partial charge is 0.375 e. The quantitative estimate of drug-likeness (QED) is 0.609. The second-order valence-electron chi connectivity index (χ2n) is 3.89. The second-order valence-corrected chi connectivity index (χ2v) is 5.66. The molecule has 0 aliphatic heterocycles. The minimum absolute atomic E-state index is 0.123. The Morgan fingerprint density at radius 2 is 2.17 bits per heavy atom. The zero-order valence-electron chi connectivity index (χ0n) is 10.1. The molecule has 1 N–H and O–H groups in total. The lowest BCUT2D eigenvalue weighted by molar-refractivity contribution is 0.0926. The molecule has 0 saturated heterocycles. The molecule has 0 radical (unpaired) electrons. The SMILES string of the molecule is C=C(C)COCCNC(=O)c1cc(Br)ccc1Br. The minimum Gasteiger partial charge on any atom is -0.375 e. The molecule has 0 unspecified atom stereocenters. The van der Waals surface area contributed by atoms with Gasteiger partial charge in [-0.2, -0.15) is 0 Å². The van der Waals surface area contributed by atoms with E-state index < -0.39 is 0 Å². The van der Waals surface area contributed by atoms with Crippen LogP contribution in [0.1, 0.15) is 17.3 Å². The number of rotatable bonds is 6. The van der Waals surface area contributed by atoms with Crippen molar-refractivity contribution < 1.29 is 9.53 Å². The van der Waals surface area contributed by atoms with Gasteiger partial charge in [0.2, 0.25) is 0 Å². The highest BCUT2D eigenvalue weighted by atomic mass is 79.9. The Kier molecular flexibility index (Phi) is 6.60. The summed E-state index contributed by atoms with van der Waals surface area (Å²) in [5.41, 5.74) is 1.57. The van der Waals surface area contributed by atoms with Crippen LogP contribution in [0.15, 0.2) is 39.3 Å². The van der Waals surface area contributed by atoms with E-state index in [9.17, 15) is 4.79 Å². The molecule has 1 aromatic rings. The summed E-state index contributed by atoms with van der Waals surface area (Å²) in [4.78, 5) is 11.9. The Morgan fingerprint density at radius 1 is 1.44 bits per heavy atom. The Bertz CT molecular complexity index is 447. The molecule has 18 heavy (non-hydrogen) atoms. The molecule has 1 aromatic carbocycles. The highest BCUT2D eigenvalue weighted by Crippen LogP contribution is 2.21. The van der Waals surface area contributed by atoms with E-state index in [0.29, 0.717) is 25.3 Å². The van der Waals surface area contributed by atoms with Crippen LogP contribution in [0.5, 0.6) is 0 Å². The molecular weight excluding hydrogens is 362 g/mol. The summed E-state index contributed by atoms with van der Waals surface area (Å²) in [6, 6.07) is 5.47. The van der Waals surface area contributed by atoms with Crippen molar-refractivity contribution in [2.45, 2.75) is 6.92 Å². The predicted molar refractivity (Wildman–Crippen MR) is 79.8 cm³/mol. The lowest BCUT2D eigenvalue weighted by Crippen LogP contribution is -2.27. The van der Waals surface area contributed by atoms with Gasteiger partial charge in [0.1, 0.15) is 0 Å². The third-order valence-electron chi connectivity index (χ3n) is 2.05. The molecule has 98 valence electrons. The van der Waals surface area contributed by atoms with Crippen LogP contribution in [0, 0.1) is 0 Å². The van der Waals surface area contributed by atoms with Crippen LogP contribution in [0.2, 0.25) is 0 Å². The summed E-state index contributed by atoms with van der Waals surface area (Å²) in [5, 5.41) is 2.80. The Hall–Kier alpha value is -0.650. The topological polar surface area (TPSA) is 38.3 Å². The van der Waals surface area contributed by atoms with Crippen molar-refractivity contribution in [3.63, 3.8) is 0 Å².